The maximum Gasteiger partial charge on any atom is 0.573 e. The Bertz CT molecular complexity index is 1080. The number of aromatic nitrogens is 2. The minimum atomic E-state index is -4.85. The number of hydrogen-bond donors (Lipinski definition) is 1. The Kier molecular flexibility index (Phi) is 6.33. The number of nitrogens with one attached hydrogen (secondary N) is 1. The number of aromatic amines is 1. The summed E-state index contributed by atoms with van der Waals surface area (Å²) in [5.74, 6) is -0.693. The van der Waals surface area contributed by atoms with Crippen LogP contribution in [0.4, 0.5) is 17.6 Å². The molecule has 3 aromatic rings. The van der Waals surface area contributed by atoms with Crippen molar-refractivity contribution in [2.24, 2.45) is 0 Å². The molecule has 0 aliphatic carbocycles. The van der Waals surface area contributed by atoms with E-state index >= 15 is 0 Å². The highest BCUT2D eigenvalue weighted by atomic mass is 19.4. The van der Waals surface area contributed by atoms with E-state index in [0.717, 1.165) is 12.1 Å². The third-order valence-electron chi connectivity index (χ3n) is 4.58. The van der Waals surface area contributed by atoms with Gasteiger partial charge in [0.1, 0.15) is 23.1 Å². The maximum atomic E-state index is 14.5. The number of halogens is 4. The number of imidazole rings is 1. The summed E-state index contributed by atoms with van der Waals surface area (Å²) in [6.07, 6.45) is -3.39. The summed E-state index contributed by atoms with van der Waals surface area (Å²) in [5.41, 5.74) is 1.30. The van der Waals surface area contributed by atoms with Gasteiger partial charge in [-0.05, 0) is 56.2 Å². The van der Waals surface area contributed by atoms with Gasteiger partial charge in [-0.3, -0.25) is 4.79 Å². The van der Waals surface area contributed by atoms with Gasteiger partial charge in [-0.15, -0.1) is 13.2 Å². The van der Waals surface area contributed by atoms with E-state index in [-0.39, 0.29) is 29.6 Å². The lowest BCUT2D eigenvalue weighted by Crippen LogP contribution is -2.36. The third-order valence-corrected chi connectivity index (χ3v) is 4.58. The molecule has 31 heavy (non-hydrogen) atoms. The highest BCUT2D eigenvalue weighted by Gasteiger charge is 2.31. The van der Waals surface area contributed by atoms with Crippen LogP contribution in [-0.2, 0) is 6.54 Å². The summed E-state index contributed by atoms with van der Waals surface area (Å²) in [4.78, 5) is 21.4. The van der Waals surface area contributed by atoms with Crippen molar-refractivity contribution in [3.05, 3.63) is 71.6 Å². The van der Waals surface area contributed by atoms with Crippen LogP contribution in [0.5, 0.6) is 5.75 Å². The summed E-state index contributed by atoms with van der Waals surface area (Å²) in [6, 6.07) is 9.23. The molecule has 0 spiro atoms. The van der Waals surface area contributed by atoms with Gasteiger partial charge in [-0.25, -0.2) is 9.37 Å². The Morgan fingerprint density at radius 2 is 1.94 bits per heavy atom. The molecule has 2 aromatic carbocycles. The Hall–Kier alpha value is -3.36. The van der Waals surface area contributed by atoms with Gasteiger partial charge in [0.2, 0.25) is 0 Å². The molecule has 1 heterocycles. The summed E-state index contributed by atoms with van der Waals surface area (Å²) < 4.78 is 56.0. The van der Waals surface area contributed by atoms with Crippen LogP contribution in [-0.4, -0.2) is 33.2 Å². The topological polar surface area (TPSA) is 58.2 Å². The Labute approximate surface area is 176 Å². The minimum absolute atomic E-state index is 0.110. The molecule has 0 bridgehead atoms. The Balaban J connectivity index is 1.90. The van der Waals surface area contributed by atoms with E-state index in [4.69, 9.17) is 0 Å². The quantitative estimate of drug-likeness (QED) is 0.522. The number of carbonyl (C=O) groups excluding carboxylic acids is 1. The van der Waals surface area contributed by atoms with Crippen molar-refractivity contribution in [2.45, 2.75) is 39.7 Å². The lowest BCUT2D eigenvalue weighted by atomic mass is 10.0. The fraction of sp³-hybridized carbons (Fsp3) is 0.273. The third kappa shape index (κ3) is 5.62. The first-order valence-electron chi connectivity index (χ1n) is 9.50. The normalized spacial score (nSPS) is 11.6. The maximum absolute atomic E-state index is 14.5. The van der Waals surface area contributed by atoms with Gasteiger partial charge in [-0.2, -0.15) is 0 Å². The molecule has 9 heteroatoms. The number of ether oxygens (including phenoxy) is 1. The van der Waals surface area contributed by atoms with Crippen LogP contribution in [0.1, 0.15) is 35.7 Å². The van der Waals surface area contributed by atoms with E-state index < -0.39 is 17.9 Å². The molecule has 3 rings (SSSR count). The first-order valence-corrected chi connectivity index (χ1v) is 9.50. The number of H-pyrrole nitrogens is 1. The van der Waals surface area contributed by atoms with Crippen molar-refractivity contribution in [1.29, 1.82) is 0 Å². The number of aryl methyl sites for hydroxylation is 1. The van der Waals surface area contributed by atoms with Crippen molar-refractivity contribution in [3.63, 3.8) is 0 Å². The predicted molar refractivity (Wildman–Crippen MR) is 107 cm³/mol. The zero-order chi connectivity index (χ0) is 22.8. The fourth-order valence-corrected chi connectivity index (χ4v) is 3.12. The second kappa shape index (κ2) is 8.79. The minimum Gasteiger partial charge on any atom is -0.406 e. The largest absolute Gasteiger partial charge is 0.573 e. The zero-order valence-corrected chi connectivity index (χ0v) is 17.1. The van der Waals surface area contributed by atoms with E-state index in [1.165, 1.54) is 36.5 Å². The molecule has 5 nitrogen and oxygen atoms in total. The molecular weight excluding hydrogens is 414 g/mol. The second-order valence-electron chi connectivity index (χ2n) is 7.30. The van der Waals surface area contributed by atoms with E-state index in [1.807, 2.05) is 13.8 Å². The SMILES string of the molecule is Cc1ncc(C(=O)N(Cc2ccc(F)c(-c3cccc(OC(F)(F)F)c3)c2)C(C)C)[nH]1. The molecule has 1 N–H and O–H groups in total. The first-order chi connectivity index (χ1) is 14.5. The number of alkyl halides is 3. The lowest BCUT2D eigenvalue weighted by molar-refractivity contribution is -0.274. The molecular formula is C22H21F4N3O2. The summed E-state index contributed by atoms with van der Waals surface area (Å²) >= 11 is 0. The predicted octanol–water partition coefficient (Wildman–Crippen LogP) is 5.47. The first kappa shape index (κ1) is 22.3. The Morgan fingerprint density at radius 3 is 2.55 bits per heavy atom. The molecule has 164 valence electrons. The summed E-state index contributed by atoms with van der Waals surface area (Å²) in [7, 11) is 0. The number of amides is 1. The van der Waals surface area contributed by atoms with Gasteiger partial charge in [0.15, 0.2) is 0 Å². The molecule has 0 unspecified atom stereocenters. The number of hydrogen-bond acceptors (Lipinski definition) is 3. The van der Waals surface area contributed by atoms with Crippen LogP contribution in [0.25, 0.3) is 11.1 Å². The molecule has 0 saturated carbocycles. The standard InChI is InChI=1S/C22H21F4N3O2/c1-13(2)29(21(30)20-11-27-14(3)28-20)12-15-7-8-19(23)18(9-15)16-5-4-6-17(10-16)31-22(24,25)26/h4-11,13H,12H2,1-3H3,(H,27,28). The zero-order valence-electron chi connectivity index (χ0n) is 17.1. The summed E-state index contributed by atoms with van der Waals surface area (Å²) in [5, 5.41) is 0. The van der Waals surface area contributed by atoms with Gasteiger partial charge < -0.3 is 14.6 Å². The molecule has 0 saturated heterocycles. The van der Waals surface area contributed by atoms with Crippen molar-refractivity contribution < 1.29 is 27.1 Å². The second-order valence-corrected chi connectivity index (χ2v) is 7.30. The van der Waals surface area contributed by atoms with Gasteiger partial charge in [0.05, 0.1) is 6.20 Å². The molecule has 0 aliphatic heterocycles. The molecule has 1 aromatic heterocycles. The van der Waals surface area contributed by atoms with E-state index in [1.54, 1.807) is 11.8 Å². The molecule has 1 amide bonds. The number of rotatable bonds is 6. The van der Waals surface area contributed by atoms with Crippen molar-refractivity contribution in [2.75, 3.05) is 0 Å². The number of carbonyl (C=O) groups is 1. The van der Waals surface area contributed by atoms with Crippen molar-refractivity contribution in [3.8, 4) is 16.9 Å². The lowest BCUT2D eigenvalue weighted by Gasteiger charge is -2.26. The smallest absolute Gasteiger partial charge is 0.406 e. The number of benzene rings is 2. The average Bonchev–Trinajstić information content (AvgIpc) is 3.12. The molecule has 0 aliphatic rings. The van der Waals surface area contributed by atoms with Crippen LogP contribution in [0.2, 0.25) is 0 Å². The van der Waals surface area contributed by atoms with Crippen LogP contribution in [0.15, 0.2) is 48.7 Å². The van der Waals surface area contributed by atoms with Crippen LogP contribution in [0.3, 0.4) is 0 Å². The monoisotopic (exact) mass is 435 g/mol. The highest BCUT2D eigenvalue weighted by Crippen LogP contribution is 2.30. The average molecular weight is 435 g/mol. The van der Waals surface area contributed by atoms with Crippen molar-refractivity contribution in [1.82, 2.24) is 14.9 Å². The van der Waals surface area contributed by atoms with Crippen LogP contribution >= 0.6 is 0 Å². The van der Waals surface area contributed by atoms with E-state index in [0.29, 0.717) is 17.1 Å². The van der Waals surface area contributed by atoms with E-state index in [2.05, 4.69) is 14.7 Å². The Morgan fingerprint density at radius 1 is 1.19 bits per heavy atom. The highest BCUT2D eigenvalue weighted by molar-refractivity contribution is 5.92. The molecule has 0 atom stereocenters. The van der Waals surface area contributed by atoms with Gasteiger partial charge in [-0.1, -0.05) is 18.2 Å². The molecule has 0 radical (unpaired) electrons. The van der Waals surface area contributed by atoms with Crippen LogP contribution in [0, 0.1) is 12.7 Å². The number of nitrogens with zero attached hydrogens (tertiary/aromatic N) is 2. The molecule has 0 fully saturated rings. The van der Waals surface area contributed by atoms with Gasteiger partial charge in [0, 0.05) is 18.2 Å². The van der Waals surface area contributed by atoms with E-state index in [9.17, 15) is 22.4 Å². The fourth-order valence-electron chi connectivity index (χ4n) is 3.12. The summed E-state index contributed by atoms with van der Waals surface area (Å²) in [6.45, 7) is 5.62. The van der Waals surface area contributed by atoms with Crippen LogP contribution < -0.4 is 4.74 Å². The van der Waals surface area contributed by atoms with Gasteiger partial charge in [0.25, 0.3) is 5.91 Å². The van der Waals surface area contributed by atoms with Gasteiger partial charge >= 0.3 is 6.36 Å². The van der Waals surface area contributed by atoms with Crippen molar-refractivity contribution >= 4 is 5.91 Å².